The summed E-state index contributed by atoms with van der Waals surface area (Å²) in [6, 6.07) is 12.8. The Balaban J connectivity index is 0.000000231. The van der Waals surface area contributed by atoms with Gasteiger partial charge in [0.1, 0.15) is 0 Å². The van der Waals surface area contributed by atoms with Crippen LogP contribution in [-0.2, 0) is 9.59 Å². The highest BCUT2D eigenvalue weighted by atomic mass is 16.6. The van der Waals surface area contributed by atoms with Crippen molar-refractivity contribution in [1.82, 2.24) is 5.32 Å². The van der Waals surface area contributed by atoms with Gasteiger partial charge in [0.25, 0.3) is 11.4 Å². The maximum absolute atomic E-state index is 12.4. The largest absolute Gasteiger partial charge is 0.362 e. The van der Waals surface area contributed by atoms with Crippen LogP contribution in [0.3, 0.4) is 0 Å². The van der Waals surface area contributed by atoms with Gasteiger partial charge in [-0.25, -0.2) is 0 Å². The average Bonchev–Trinajstić information content (AvgIpc) is 2.91. The molecule has 9 heteroatoms. The lowest BCUT2D eigenvalue weighted by Gasteiger charge is -2.32. The number of non-ortho nitro benzene ring substituents is 2. The molecule has 39 heavy (non-hydrogen) atoms. The first-order chi connectivity index (χ1) is 18.5. The SMILES string of the molecule is CC(C)C(=O)C=Cc1cccc([N+](=O)[O-])c1.CC(C)C1=CC(c2cccc([N+](=O)[O-])c2)C2=C(CCCC2=O)N1. The standard InChI is InChI=1S/C18H20N2O3.C12H13NO3/c1-11(2)16-10-14(12-5-3-6-13(9-12)20(22)23)18-15(19-16)7-4-8-17(18)21;1-9(2)12(14)7-6-10-4-3-5-11(8-10)13(15)16/h3,5-6,9-11,14,19H,4,7-8H2,1-2H3;3-9H,1-2H3. The van der Waals surface area contributed by atoms with Gasteiger partial charge in [0.05, 0.1) is 9.85 Å². The van der Waals surface area contributed by atoms with Crippen molar-refractivity contribution in [3.8, 4) is 0 Å². The highest BCUT2D eigenvalue weighted by Gasteiger charge is 2.32. The Hall–Kier alpha value is -4.40. The molecule has 1 atom stereocenters. The Bertz CT molecular complexity index is 1370. The van der Waals surface area contributed by atoms with Crippen molar-refractivity contribution in [2.45, 2.75) is 52.9 Å². The van der Waals surface area contributed by atoms with Gasteiger partial charge in [0.2, 0.25) is 0 Å². The molecule has 1 aliphatic heterocycles. The van der Waals surface area contributed by atoms with Crippen LogP contribution in [0.4, 0.5) is 11.4 Å². The molecule has 1 aliphatic carbocycles. The van der Waals surface area contributed by atoms with Crippen molar-refractivity contribution in [3.05, 3.63) is 109 Å². The molecule has 1 N–H and O–H groups in total. The Morgan fingerprint density at radius 3 is 2.23 bits per heavy atom. The fraction of sp³-hybridized carbons (Fsp3) is 0.333. The highest BCUT2D eigenvalue weighted by molar-refractivity contribution is 5.99. The second-order valence-electron chi connectivity index (χ2n) is 10.1. The molecule has 2 aromatic rings. The Kier molecular flexibility index (Phi) is 9.65. The van der Waals surface area contributed by atoms with E-state index in [0.29, 0.717) is 17.9 Å². The van der Waals surface area contributed by atoms with E-state index >= 15 is 0 Å². The lowest BCUT2D eigenvalue weighted by molar-refractivity contribution is -0.385. The fourth-order valence-corrected chi connectivity index (χ4v) is 4.38. The van der Waals surface area contributed by atoms with Crippen molar-refractivity contribution in [2.24, 2.45) is 11.8 Å². The number of Topliss-reactive ketones (excluding diaryl/α,β-unsaturated/α-hetero) is 1. The van der Waals surface area contributed by atoms with Gasteiger partial charge in [0.15, 0.2) is 11.6 Å². The molecule has 1 heterocycles. The van der Waals surface area contributed by atoms with Gasteiger partial charge in [-0.2, -0.15) is 0 Å². The molecular formula is C30H33N3O6. The van der Waals surface area contributed by atoms with E-state index in [4.69, 9.17) is 0 Å². The molecule has 0 amide bonds. The van der Waals surface area contributed by atoms with Gasteiger partial charge in [-0.1, -0.05) is 64.1 Å². The van der Waals surface area contributed by atoms with Crippen LogP contribution in [0.2, 0.25) is 0 Å². The second-order valence-corrected chi connectivity index (χ2v) is 10.1. The lowest BCUT2D eigenvalue weighted by Crippen LogP contribution is -2.31. The van der Waals surface area contributed by atoms with Crippen LogP contribution in [-0.4, -0.2) is 21.4 Å². The van der Waals surface area contributed by atoms with Crippen molar-refractivity contribution >= 4 is 29.0 Å². The van der Waals surface area contributed by atoms with E-state index in [9.17, 15) is 29.8 Å². The molecule has 0 aromatic heterocycles. The minimum atomic E-state index is -0.457. The molecule has 2 aromatic carbocycles. The van der Waals surface area contributed by atoms with E-state index in [1.807, 2.05) is 12.1 Å². The summed E-state index contributed by atoms with van der Waals surface area (Å²) in [6.45, 7) is 7.80. The fourth-order valence-electron chi connectivity index (χ4n) is 4.38. The molecule has 0 saturated carbocycles. The first-order valence-corrected chi connectivity index (χ1v) is 12.9. The number of nitro groups is 2. The first-order valence-electron chi connectivity index (χ1n) is 12.9. The summed E-state index contributed by atoms with van der Waals surface area (Å²) in [6.07, 6.45) is 7.36. The Morgan fingerprint density at radius 1 is 0.974 bits per heavy atom. The smallest absolute Gasteiger partial charge is 0.270 e. The van der Waals surface area contributed by atoms with Crippen molar-refractivity contribution in [3.63, 3.8) is 0 Å². The summed E-state index contributed by atoms with van der Waals surface area (Å²) >= 11 is 0. The van der Waals surface area contributed by atoms with Crippen LogP contribution >= 0.6 is 0 Å². The number of dihydropyridines is 1. The number of allylic oxidation sites excluding steroid dienone is 5. The minimum absolute atomic E-state index is 0.00602. The van der Waals surface area contributed by atoms with Crippen molar-refractivity contribution in [2.75, 3.05) is 0 Å². The number of rotatable bonds is 7. The van der Waals surface area contributed by atoms with Gasteiger partial charge in [-0.3, -0.25) is 29.8 Å². The molecule has 204 valence electrons. The van der Waals surface area contributed by atoms with E-state index in [1.165, 1.54) is 24.3 Å². The monoisotopic (exact) mass is 531 g/mol. The van der Waals surface area contributed by atoms with Crippen LogP contribution in [0.5, 0.6) is 0 Å². The molecular weight excluding hydrogens is 498 g/mol. The van der Waals surface area contributed by atoms with Crippen LogP contribution in [0.25, 0.3) is 6.08 Å². The molecule has 0 bridgehead atoms. The predicted molar refractivity (Wildman–Crippen MR) is 150 cm³/mol. The highest BCUT2D eigenvalue weighted by Crippen LogP contribution is 2.39. The van der Waals surface area contributed by atoms with Gasteiger partial charge < -0.3 is 5.32 Å². The van der Waals surface area contributed by atoms with Gasteiger partial charge in [-0.15, -0.1) is 0 Å². The summed E-state index contributed by atoms with van der Waals surface area (Å²) in [4.78, 5) is 44.5. The Morgan fingerprint density at radius 2 is 1.62 bits per heavy atom. The summed E-state index contributed by atoms with van der Waals surface area (Å²) < 4.78 is 0. The summed E-state index contributed by atoms with van der Waals surface area (Å²) in [7, 11) is 0. The first kappa shape index (κ1) is 29.2. The molecule has 0 radical (unpaired) electrons. The van der Waals surface area contributed by atoms with E-state index in [1.54, 1.807) is 44.2 Å². The molecule has 0 fully saturated rings. The van der Waals surface area contributed by atoms with Gasteiger partial charge in [0, 0.05) is 59.5 Å². The molecule has 0 saturated heterocycles. The van der Waals surface area contributed by atoms with E-state index in [2.05, 4.69) is 19.2 Å². The lowest BCUT2D eigenvalue weighted by atomic mass is 9.78. The number of carbonyl (C=O) groups is 2. The second kappa shape index (κ2) is 12.9. The number of benzene rings is 2. The number of nitro benzene ring substituents is 2. The number of nitrogens with one attached hydrogen (secondary N) is 1. The third-order valence-corrected chi connectivity index (χ3v) is 6.56. The minimum Gasteiger partial charge on any atom is -0.362 e. The topological polar surface area (TPSA) is 132 Å². The predicted octanol–water partition coefficient (Wildman–Crippen LogP) is 6.66. The molecule has 0 spiro atoms. The molecule has 4 rings (SSSR count). The maximum atomic E-state index is 12.4. The number of hydrogen-bond donors (Lipinski definition) is 1. The zero-order valence-electron chi connectivity index (χ0n) is 22.5. The number of ketones is 2. The van der Waals surface area contributed by atoms with Gasteiger partial charge >= 0.3 is 0 Å². The maximum Gasteiger partial charge on any atom is 0.270 e. The normalized spacial score (nSPS) is 16.8. The summed E-state index contributed by atoms with van der Waals surface area (Å²) in [5.74, 6) is 0.203. The van der Waals surface area contributed by atoms with Gasteiger partial charge in [-0.05, 0) is 36.0 Å². The number of carbonyl (C=O) groups excluding carboxylic acids is 2. The summed E-state index contributed by atoms with van der Waals surface area (Å²) in [5.41, 5.74) is 4.40. The number of nitrogens with zero attached hydrogens (tertiary/aromatic N) is 2. The third kappa shape index (κ3) is 7.56. The van der Waals surface area contributed by atoms with Crippen molar-refractivity contribution < 1.29 is 19.4 Å². The Labute approximate surface area is 227 Å². The quantitative estimate of drug-likeness (QED) is 0.240. The van der Waals surface area contributed by atoms with Crippen LogP contribution in [0.1, 0.15) is 64.0 Å². The van der Waals surface area contributed by atoms with Crippen LogP contribution in [0.15, 0.2) is 77.7 Å². The number of hydrogen-bond acceptors (Lipinski definition) is 7. The van der Waals surface area contributed by atoms with E-state index in [-0.39, 0.29) is 34.8 Å². The zero-order chi connectivity index (χ0) is 28.7. The van der Waals surface area contributed by atoms with Crippen molar-refractivity contribution in [1.29, 1.82) is 0 Å². The van der Waals surface area contributed by atoms with Crippen LogP contribution < -0.4 is 5.32 Å². The third-order valence-electron chi connectivity index (χ3n) is 6.56. The van der Waals surface area contributed by atoms with Crippen LogP contribution in [0, 0.1) is 32.1 Å². The van der Waals surface area contributed by atoms with E-state index in [0.717, 1.165) is 35.4 Å². The molecule has 9 nitrogen and oxygen atoms in total. The van der Waals surface area contributed by atoms with E-state index < -0.39 is 9.85 Å². The summed E-state index contributed by atoms with van der Waals surface area (Å²) in [5, 5.41) is 25.0. The average molecular weight is 532 g/mol. The zero-order valence-corrected chi connectivity index (χ0v) is 22.5. The molecule has 1 unspecified atom stereocenters. The molecule has 2 aliphatic rings.